The van der Waals surface area contributed by atoms with Crippen molar-refractivity contribution in [2.45, 2.75) is 37.0 Å². The van der Waals surface area contributed by atoms with Crippen molar-refractivity contribution in [1.29, 1.82) is 0 Å². The van der Waals surface area contributed by atoms with Gasteiger partial charge in [0.25, 0.3) is 0 Å². The Balaban J connectivity index is 2.12. The lowest BCUT2D eigenvalue weighted by Gasteiger charge is -2.22. The Bertz CT molecular complexity index is 397. The maximum absolute atomic E-state index is 5.51. The molecule has 4 heteroatoms. The van der Waals surface area contributed by atoms with Crippen LogP contribution in [0, 0.1) is 0 Å². The highest BCUT2D eigenvalue weighted by molar-refractivity contribution is 7.99. The van der Waals surface area contributed by atoms with Crippen LogP contribution in [0.1, 0.15) is 37.3 Å². The number of ether oxygens (including phenoxy) is 2. The van der Waals surface area contributed by atoms with E-state index < -0.39 is 0 Å². The minimum Gasteiger partial charge on any atom is -0.496 e. The van der Waals surface area contributed by atoms with Crippen molar-refractivity contribution in [3.05, 3.63) is 23.8 Å². The van der Waals surface area contributed by atoms with Gasteiger partial charge in [-0.15, -0.1) is 0 Å². The minimum atomic E-state index is 0.256. The van der Waals surface area contributed by atoms with Gasteiger partial charge in [0.05, 0.1) is 19.8 Å². The third kappa shape index (κ3) is 3.61. The number of benzene rings is 1. The molecule has 1 aromatic carbocycles. The maximum Gasteiger partial charge on any atom is 0.127 e. The summed E-state index contributed by atoms with van der Waals surface area (Å²) in [6.45, 7) is 0. The van der Waals surface area contributed by atoms with E-state index in [4.69, 9.17) is 9.47 Å². The van der Waals surface area contributed by atoms with Gasteiger partial charge < -0.3 is 14.8 Å². The molecule has 3 nitrogen and oxygen atoms in total. The van der Waals surface area contributed by atoms with E-state index in [2.05, 4.69) is 17.1 Å². The quantitative estimate of drug-likeness (QED) is 0.832. The van der Waals surface area contributed by atoms with Crippen molar-refractivity contribution in [3.63, 3.8) is 0 Å². The molecule has 1 unspecified atom stereocenters. The largest absolute Gasteiger partial charge is 0.496 e. The third-order valence-corrected chi connectivity index (χ3v) is 5.43. The van der Waals surface area contributed by atoms with Gasteiger partial charge in [-0.05, 0) is 32.0 Å². The van der Waals surface area contributed by atoms with Crippen LogP contribution in [0.25, 0.3) is 0 Å². The highest BCUT2D eigenvalue weighted by Crippen LogP contribution is 2.38. The summed E-state index contributed by atoms with van der Waals surface area (Å²) < 4.78 is 11.0. The van der Waals surface area contributed by atoms with Crippen molar-refractivity contribution in [2.75, 3.05) is 27.0 Å². The van der Waals surface area contributed by atoms with Gasteiger partial charge in [-0.2, -0.15) is 11.8 Å². The number of thioether (sulfide) groups is 1. The lowest BCUT2D eigenvalue weighted by atomic mass is 10.1. The number of hydrogen-bond acceptors (Lipinski definition) is 4. The molecule has 0 aromatic heterocycles. The fourth-order valence-electron chi connectivity index (χ4n) is 2.82. The minimum absolute atomic E-state index is 0.256. The van der Waals surface area contributed by atoms with Crippen LogP contribution < -0.4 is 14.8 Å². The van der Waals surface area contributed by atoms with Gasteiger partial charge in [-0.25, -0.2) is 0 Å². The molecule has 0 aliphatic heterocycles. The van der Waals surface area contributed by atoms with Gasteiger partial charge >= 0.3 is 0 Å². The van der Waals surface area contributed by atoms with E-state index >= 15 is 0 Å². The van der Waals surface area contributed by atoms with Crippen LogP contribution >= 0.6 is 11.8 Å². The summed E-state index contributed by atoms with van der Waals surface area (Å²) in [6.07, 6.45) is 5.51. The predicted molar refractivity (Wildman–Crippen MR) is 86.1 cm³/mol. The van der Waals surface area contributed by atoms with Crippen LogP contribution in [0.2, 0.25) is 0 Å². The van der Waals surface area contributed by atoms with Gasteiger partial charge in [0.15, 0.2) is 0 Å². The van der Waals surface area contributed by atoms with Crippen molar-refractivity contribution in [1.82, 2.24) is 5.32 Å². The average Bonchev–Trinajstić information content (AvgIpc) is 3.01. The topological polar surface area (TPSA) is 30.5 Å². The first-order valence-electron chi connectivity index (χ1n) is 7.30. The zero-order chi connectivity index (χ0) is 14.4. The molecule has 1 N–H and O–H groups in total. The zero-order valence-corrected chi connectivity index (χ0v) is 13.5. The Labute approximate surface area is 126 Å². The number of rotatable bonds is 7. The highest BCUT2D eigenvalue weighted by atomic mass is 32.2. The zero-order valence-electron chi connectivity index (χ0n) is 12.6. The van der Waals surface area contributed by atoms with Crippen LogP contribution in [0.15, 0.2) is 18.2 Å². The summed E-state index contributed by atoms with van der Waals surface area (Å²) in [5, 5.41) is 4.24. The Kier molecular flexibility index (Phi) is 6.05. The Hall–Kier alpha value is -0.870. The van der Waals surface area contributed by atoms with Crippen molar-refractivity contribution >= 4 is 11.8 Å². The number of nitrogens with one attached hydrogen (secondary N) is 1. The first-order valence-corrected chi connectivity index (χ1v) is 8.34. The van der Waals surface area contributed by atoms with E-state index in [1.807, 2.05) is 25.2 Å². The van der Waals surface area contributed by atoms with Gasteiger partial charge in [0.2, 0.25) is 0 Å². The smallest absolute Gasteiger partial charge is 0.127 e. The highest BCUT2D eigenvalue weighted by Gasteiger charge is 2.22. The Morgan fingerprint density at radius 3 is 2.30 bits per heavy atom. The second kappa shape index (κ2) is 7.79. The molecule has 1 atom stereocenters. The molecule has 1 aromatic rings. The van der Waals surface area contributed by atoms with E-state index in [0.717, 1.165) is 28.1 Å². The molecular weight excluding hydrogens is 270 g/mol. The molecule has 1 aliphatic carbocycles. The number of hydrogen-bond donors (Lipinski definition) is 1. The molecule has 0 saturated heterocycles. The molecule has 1 fully saturated rings. The molecule has 0 amide bonds. The van der Waals surface area contributed by atoms with E-state index in [1.165, 1.54) is 25.7 Å². The summed E-state index contributed by atoms with van der Waals surface area (Å²) in [5.41, 5.74) is 1.13. The van der Waals surface area contributed by atoms with Crippen LogP contribution in [-0.4, -0.2) is 32.3 Å². The van der Waals surface area contributed by atoms with E-state index in [1.54, 1.807) is 14.2 Å². The second-order valence-corrected chi connectivity index (χ2v) is 6.49. The lowest BCUT2D eigenvalue weighted by Crippen LogP contribution is -2.21. The summed E-state index contributed by atoms with van der Waals surface area (Å²) in [6, 6.07) is 6.23. The predicted octanol–water partition coefficient (Wildman–Crippen LogP) is 3.64. The molecule has 0 spiro atoms. The molecule has 2 rings (SSSR count). The SMILES string of the molecule is CNC(CSC1CCCC1)c1c(OC)cccc1OC. The summed E-state index contributed by atoms with van der Waals surface area (Å²) >= 11 is 2.08. The fourth-order valence-corrected chi connectivity index (χ4v) is 4.29. The average molecular weight is 295 g/mol. The third-order valence-electron chi connectivity index (χ3n) is 3.96. The normalized spacial score (nSPS) is 17.1. The summed E-state index contributed by atoms with van der Waals surface area (Å²) in [5.74, 6) is 2.85. The van der Waals surface area contributed by atoms with Crippen LogP contribution in [0.3, 0.4) is 0 Å². The van der Waals surface area contributed by atoms with E-state index in [9.17, 15) is 0 Å². The molecule has 0 heterocycles. The fraction of sp³-hybridized carbons (Fsp3) is 0.625. The Morgan fingerprint density at radius 2 is 1.80 bits per heavy atom. The van der Waals surface area contributed by atoms with Gasteiger partial charge in [-0.3, -0.25) is 0 Å². The van der Waals surface area contributed by atoms with Crippen molar-refractivity contribution < 1.29 is 9.47 Å². The van der Waals surface area contributed by atoms with Crippen LogP contribution in [0.5, 0.6) is 11.5 Å². The van der Waals surface area contributed by atoms with Crippen LogP contribution in [-0.2, 0) is 0 Å². The molecule has 0 radical (unpaired) electrons. The van der Waals surface area contributed by atoms with Crippen molar-refractivity contribution in [3.8, 4) is 11.5 Å². The first kappa shape index (κ1) is 15.5. The number of methoxy groups -OCH3 is 2. The van der Waals surface area contributed by atoms with Gasteiger partial charge in [0, 0.05) is 17.0 Å². The summed E-state index contributed by atoms with van der Waals surface area (Å²) in [7, 11) is 5.44. The lowest BCUT2D eigenvalue weighted by molar-refractivity contribution is 0.377. The van der Waals surface area contributed by atoms with E-state index in [0.29, 0.717) is 0 Å². The maximum atomic E-state index is 5.51. The molecule has 20 heavy (non-hydrogen) atoms. The Morgan fingerprint density at radius 1 is 1.20 bits per heavy atom. The van der Waals surface area contributed by atoms with Crippen molar-refractivity contribution in [2.24, 2.45) is 0 Å². The molecule has 1 aliphatic rings. The standard InChI is InChI=1S/C16H25NO2S/c1-17-13(11-20-12-7-4-5-8-12)16-14(18-2)9-6-10-15(16)19-3/h6,9-10,12-13,17H,4-5,7-8,11H2,1-3H3. The van der Waals surface area contributed by atoms with E-state index in [-0.39, 0.29) is 6.04 Å². The molecule has 1 saturated carbocycles. The monoisotopic (exact) mass is 295 g/mol. The molecular formula is C16H25NO2S. The van der Waals surface area contributed by atoms with Gasteiger partial charge in [0.1, 0.15) is 11.5 Å². The van der Waals surface area contributed by atoms with Gasteiger partial charge in [-0.1, -0.05) is 18.9 Å². The van der Waals surface area contributed by atoms with Crippen LogP contribution in [0.4, 0.5) is 0 Å². The molecule has 0 bridgehead atoms. The summed E-state index contributed by atoms with van der Waals surface area (Å²) in [4.78, 5) is 0. The molecule has 112 valence electrons. The second-order valence-electron chi connectivity index (χ2n) is 5.16. The first-order chi connectivity index (χ1) is 9.80.